The molecule has 0 spiro atoms. The Hall–Kier alpha value is -1.96. The molecule has 1 aliphatic heterocycles. The quantitative estimate of drug-likeness (QED) is 0.276. The molecule has 27 heavy (non-hydrogen) atoms. The molecule has 0 saturated carbocycles. The first-order chi connectivity index (χ1) is 12.8. The summed E-state index contributed by atoms with van der Waals surface area (Å²) in [4.78, 5) is 4.29. The van der Waals surface area contributed by atoms with Gasteiger partial charge in [-0.25, -0.2) is 0 Å². The lowest BCUT2D eigenvalue weighted by atomic mass is 10.1. The van der Waals surface area contributed by atoms with Crippen molar-refractivity contribution in [1.82, 2.24) is 10.6 Å². The van der Waals surface area contributed by atoms with E-state index in [1.165, 1.54) is 11.1 Å². The number of halogens is 1. The maximum atomic E-state index is 5.95. The first kappa shape index (κ1) is 21.3. The number of hydrogen-bond acceptors (Lipinski definition) is 3. The van der Waals surface area contributed by atoms with Crippen LogP contribution in [0.25, 0.3) is 0 Å². The molecule has 0 aliphatic carbocycles. The van der Waals surface area contributed by atoms with Crippen LogP contribution in [0.5, 0.6) is 11.5 Å². The Kier molecular flexibility index (Phi) is 8.71. The highest BCUT2D eigenvalue weighted by Crippen LogP contribution is 2.27. The van der Waals surface area contributed by atoms with Crippen LogP contribution >= 0.6 is 24.0 Å². The van der Waals surface area contributed by atoms with E-state index in [4.69, 9.17) is 9.47 Å². The maximum Gasteiger partial charge on any atom is 0.191 e. The summed E-state index contributed by atoms with van der Waals surface area (Å²) < 4.78 is 11.2. The van der Waals surface area contributed by atoms with Gasteiger partial charge in [0.25, 0.3) is 0 Å². The summed E-state index contributed by atoms with van der Waals surface area (Å²) in [5.74, 6) is 2.72. The zero-order valence-electron chi connectivity index (χ0n) is 15.9. The van der Waals surface area contributed by atoms with Gasteiger partial charge in [-0.3, -0.25) is 4.99 Å². The van der Waals surface area contributed by atoms with E-state index < -0.39 is 0 Å². The smallest absolute Gasteiger partial charge is 0.191 e. The van der Waals surface area contributed by atoms with Crippen LogP contribution in [-0.4, -0.2) is 39.3 Å². The largest absolute Gasteiger partial charge is 0.497 e. The summed E-state index contributed by atoms with van der Waals surface area (Å²) in [6.45, 7) is 1.60. The van der Waals surface area contributed by atoms with E-state index in [9.17, 15) is 0 Å². The fourth-order valence-electron chi connectivity index (χ4n) is 3.13. The van der Waals surface area contributed by atoms with Crippen molar-refractivity contribution in [2.45, 2.75) is 25.4 Å². The number of nitrogens with zero attached hydrogens (tertiary/aromatic N) is 1. The number of fused-ring (bicyclic) bond motifs is 1. The predicted octanol–water partition coefficient (Wildman–Crippen LogP) is 3.41. The molecule has 0 amide bonds. The van der Waals surface area contributed by atoms with Gasteiger partial charge in [0.05, 0.1) is 13.7 Å². The Morgan fingerprint density at radius 3 is 2.81 bits per heavy atom. The second kappa shape index (κ2) is 11.0. The fraction of sp³-hybridized carbons (Fsp3) is 0.381. The van der Waals surface area contributed by atoms with Crippen LogP contribution in [0.15, 0.2) is 53.5 Å². The van der Waals surface area contributed by atoms with Crippen LogP contribution in [0.2, 0.25) is 0 Å². The van der Waals surface area contributed by atoms with Crippen LogP contribution in [0.3, 0.4) is 0 Å². The predicted molar refractivity (Wildman–Crippen MR) is 121 cm³/mol. The van der Waals surface area contributed by atoms with Gasteiger partial charge in [0.2, 0.25) is 0 Å². The van der Waals surface area contributed by atoms with E-state index in [2.05, 4.69) is 39.9 Å². The van der Waals surface area contributed by atoms with Gasteiger partial charge in [0.15, 0.2) is 5.96 Å². The van der Waals surface area contributed by atoms with Gasteiger partial charge in [-0.1, -0.05) is 30.3 Å². The van der Waals surface area contributed by atoms with Crippen LogP contribution in [0.4, 0.5) is 0 Å². The minimum atomic E-state index is 0. The van der Waals surface area contributed by atoms with Gasteiger partial charge in [0.1, 0.15) is 17.6 Å². The third-order valence-corrected chi connectivity index (χ3v) is 4.50. The number of methoxy groups -OCH3 is 1. The third-order valence-electron chi connectivity index (χ3n) is 4.50. The summed E-state index contributed by atoms with van der Waals surface area (Å²) in [6, 6.07) is 16.4. The SMILES string of the molecule is CN=C(NCCCc1cccc(OC)c1)NCC1Cc2ccccc2O1.I. The van der Waals surface area contributed by atoms with E-state index in [-0.39, 0.29) is 30.1 Å². The number of benzene rings is 2. The summed E-state index contributed by atoms with van der Waals surface area (Å²) in [7, 11) is 3.49. The number of aryl methyl sites for hydroxylation is 1. The second-order valence-corrected chi connectivity index (χ2v) is 6.39. The molecule has 0 fully saturated rings. The van der Waals surface area contributed by atoms with Crippen molar-refractivity contribution in [1.29, 1.82) is 0 Å². The molecule has 5 nitrogen and oxygen atoms in total. The first-order valence-corrected chi connectivity index (χ1v) is 9.10. The lowest BCUT2D eigenvalue weighted by Crippen LogP contribution is -2.42. The zero-order valence-corrected chi connectivity index (χ0v) is 18.2. The number of guanidine groups is 1. The van der Waals surface area contributed by atoms with Crippen molar-refractivity contribution in [2.24, 2.45) is 4.99 Å². The number of para-hydroxylation sites is 1. The summed E-state index contributed by atoms with van der Waals surface area (Å²) >= 11 is 0. The molecule has 1 atom stereocenters. The fourth-order valence-corrected chi connectivity index (χ4v) is 3.13. The molecule has 0 aromatic heterocycles. The van der Waals surface area contributed by atoms with E-state index in [0.29, 0.717) is 0 Å². The highest BCUT2D eigenvalue weighted by Gasteiger charge is 2.22. The molecule has 2 aromatic rings. The van der Waals surface area contributed by atoms with Crippen molar-refractivity contribution in [3.63, 3.8) is 0 Å². The Morgan fingerprint density at radius 2 is 2.04 bits per heavy atom. The molecule has 146 valence electrons. The lowest BCUT2D eigenvalue weighted by Gasteiger charge is -2.15. The van der Waals surface area contributed by atoms with Crippen LogP contribution < -0.4 is 20.1 Å². The number of nitrogens with one attached hydrogen (secondary N) is 2. The monoisotopic (exact) mass is 481 g/mol. The molecule has 1 aliphatic rings. The van der Waals surface area contributed by atoms with Gasteiger partial charge in [-0.2, -0.15) is 0 Å². The standard InChI is InChI=1S/C21H27N3O2.HI/c1-22-21(23-12-6-8-16-7-5-10-18(13-16)25-2)24-15-19-14-17-9-3-4-11-20(17)26-19;/h3-5,7,9-11,13,19H,6,8,12,14-15H2,1-2H3,(H2,22,23,24);1H. The summed E-state index contributed by atoms with van der Waals surface area (Å²) in [6.07, 6.45) is 3.13. The molecular weight excluding hydrogens is 453 g/mol. The Labute approximate surface area is 178 Å². The molecule has 0 bridgehead atoms. The molecule has 2 aromatic carbocycles. The number of ether oxygens (including phenoxy) is 2. The molecular formula is C21H28IN3O2. The van der Waals surface area contributed by atoms with Gasteiger partial charge in [-0.15, -0.1) is 24.0 Å². The number of hydrogen-bond donors (Lipinski definition) is 2. The van der Waals surface area contributed by atoms with Crippen LogP contribution in [0, 0.1) is 0 Å². The van der Waals surface area contributed by atoms with Gasteiger partial charge < -0.3 is 20.1 Å². The number of aliphatic imine (C=N–C) groups is 1. The average Bonchev–Trinajstić information content (AvgIpc) is 3.10. The molecule has 1 heterocycles. The third kappa shape index (κ3) is 6.30. The van der Waals surface area contributed by atoms with E-state index in [0.717, 1.165) is 49.8 Å². The molecule has 6 heteroatoms. The van der Waals surface area contributed by atoms with Gasteiger partial charge in [0, 0.05) is 20.0 Å². The van der Waals surface area contributed by atoms with E-state index in [1.807, 2.05) is 24.3 Å². The Balaban J connectivity index is 0.00000261. The first-order valence-electron chi connectivity index (χ1n) is 9.10. The van der Waals surface area contributed by atoms with Crippen molar-refractivity contribution in [3.05, 3.63) is 59.7 Å². The Bertz CT molecular complexity index is 727. The van der Waals surface area contributed by atoms with Crippen LogP contribution in [-0.2, 0) is 12.8 Å². The maximum absolute atomic E-state index is 5.95. The van der Waals surface area contributed by atoms with Gasteiger partial charge in [-0.05, 0) is 42.2 Å². The zero-order chi connectivity index (χ0) is 18.2. The summed E-state index contributed by atoms with van der Waals surface area (Å²) in [5.41, 5.74) is 2.56. The van der Waals surface area contributed by atoms with Crippen molar-refractivity contribution >= 4 is 29.9 Å². The second-order valence-electron chi connectivity index (χ2n) is 6.39. The van der Waals surface area contributed by atoms with Gasteiger partial charge >= 0.3 is 0 Å². The minimum Gasteiger partial charge on any atom is -0.497 e. The molecule has 0 radical (unpaired) electrons. The molecule has 1 unspecified atom stereocenters. The highest BCUT2D eigenvalue weighted by atomic mass is 127. The van der Waals surface area contributed by atoms with Crippen LogP contribution in [0.1, 0.15) is 17.5 Å². The van der Waals surface area contributed by atoms with Crippen molar-refractivity contribution in [2.75, 3.05) is 27.2 Å². The normalized spacial score (nSPS) is 15.3. The lowest BCUT2D eigenvalue weighted by molar-refractivity contribution is 0.235. The van der Waals surface area contributed by atoms with Crippen molar-refractivity contribution in [3.8, 4) is 11.5 Å². The Morgan fingerprint density at radius 1 is 1.19 bits per heavy atom. The molecule has 0 saturated heterocycles. The highest BCUT2D eigenvalue weighted by molar-refractivity contribution is 14.0. The average molecular weight is 481 g/mol. The van der Waals surface area contributed by atoms with E-state index in [1.54, 1.807) is 14.2 Å². The minimum absolute atomic E-state index is 0. The number of rotatable bonds is 7. The summed E-state index contributed by atoms with van der Waals surface area (Å²) in [5, 5.41) is 6.72. The topological polar surface area (TPSA) is 54.9 Å². The molecule has 2 N–H and O–H groups in total. The van der Waals surface area contributed by atoms with Crippen molar-refractivity contribution < 1.29 is 9.47 Å². The van der Waals surface area contributed by atoms with E-state index >= 15 is 0 Å². The molecule has 3 rings (SSSR count).